The van der Waals surface area contributed by atoms with E-state index in [2.05, 4.69) is 25.6 Å². The number of carbonyl (C=O) groups excluding carboxylic acids is 2. The number of thiazole rings is 1. The molecular formula is C20H19N5O4S2. The van der Waals surface area contributed by atoms with Crippen molar-refractivity contribution in [1.29, 1.82) is 0 Å². The van der Waals surface area contributed by atoms with Gasteiger partial charge in [-0.3, -0.25) is 15.1 Å². The van der Waals surface area contributed by atoms with Crippen LogP contribution >= 0.6 is 11.3 Å². The molecule has 2 N–H and O–H groups in total. The van der Waals surface area contributed by atoms with E-state index in [4.69, 9.17) is 0 Å². The molecule has 2 amide bonds. The first-order chi connectivity index (χ1) is 14.9. The van der Waals surface area contributed by atoms with Crippen molar-refractivity contribution in [3.63, 3.8) is 0 Å². The monoisotopic (exact) mass is 457 g/mol. The lowest BCUT2D eigenvalue weighted by Crippen LogP contribution is -2.20. The van der Waals surface area contributed by atoms with Crippen molar-refractivity contribution >= 4 is 43.8 Å². The van der Waals surface area contributed by atoms with E-state index >= 15 is 0 Å². The van der Waals surface area contributed by atoms with Gasteiger partial charge in [0.2, 0.25) is 9.84 Å². The van der Waals surface area contributed by atoms with Gasteiger partial charge in [0.25, 0.3) is 0 Å². The number of carbonyl (C=O) groups is 2. The van der Waals surface area contributed by atoms with Gasteiger partial charge in [-0.1, -0.05) is 30.2 Å². The van der Waals surface area contributed by atoms with Gasteiger partial charge in [0.05, 0.1) is 6.20 Å². The molecule has 1 aliphatic rings. The van der Waals surface area contributed by atoms with E-state index in [-0.39, 0.29) is 26.1 Å². The van der Waals surface area contributed by atoms with Gasteiger partial charge >= 0.3 is 6.03 Å². The Bertz CT molecular complexity index is 1210. The highest BCUT2D eigenvalue weighted by molar-refractivity contribution is 7.93. The topological polar surface area (TPSA) is 131 Å². The molecule has 0 atom stereocenters. The summed E-state index contributed by atoms with van der Waals surface area (Å²) in [6.07, 6.45) is 7.86. The van der Waals surface area contributed by atoms with Crippen molar-refractivity contribution in [2.24, 2.45) is 5.92 Å². The summed E-state index contributed by atoms with van der Waals surface area (Å²) in [5, 5.41) is 5.15. The van der Waals surface area contributed by atoms with Crippen molar-refractivity contribution in [2.45, 2.75) is 34.9 Å². The summed E-state index contributed by atoms with van der Waals surface area (Å²) in [7, 11) is -3.81. The van der Waals surface area contributed by atoms with Crippen LogP contribution in [-0.2, 0) is 9.84 Å². The van der Waals surface area contributed by atoms with Gasteiger partial charge in [-0.05, 0) is 37.1 Å². The van der Waals surface area contributed by atoms with E-state index in [1.807, 2.05) is 0 Å². The first-order valence-corrected chi connectivity index (χ1v) is 11.9. The Labute approximate surface area is 182 Å². The highest BCUT2D eigenvalue weighted by Gasteiger charge is 2.25. The minimum atomic E-state index is -3.81. The first kappa shape index (κ1) is 21.1. The Morgan fingerprint density at radius 2 is 1.81 bits per heavy atom. The average molecular weight is 458 g/mol. The number of hydrogen-bond acceptors (Lipinski definition) is 8. The molecule has 0 radical (unpaired) electrons. The number of Topliss-reactive ketones (excluding diaryl/α,β-unsaturated/α-hetero) is 1. The van der Waals surface area contributed by atoms with Crippen molar-refractivity contribution in [3.05, 3.63) is 54.6 Å². The SMILES string of the molecule is O=C(Nc1ccnc(C(=O)C2CCCC2)c1)Nc1ncc(S(=O)(=O)c2ccccn2)s1. The number of sulfone groups is 1. The summed E-state index contributed by atoms with van der Waals surface area (Å²) in [5.74, 6) is -0.0165. The highest BCUT2D eigenvalue weighted by Crippen LogP contribution is 2.29. The minimum Gasteiger partial charge on any atom is -0.308 e. The number of rotatable bonds is 6. The molecule has 0 unspecified atom stereocenters. The molecular weight excluding hydrogens is 438 g/mol. The van der Waals surface area contributed by atoms with Crippen LogP contribution in [0.4, 0.5) is 15.6 Å². The number of pyridine rings is 2. The number of ketones is 1. The molecule has 160 valence electrons. The van der Waals surface area contributed by atoms with Crippen LogP contribution in [0.25, 0.3) is 0 Å². The quantitative estimate of drug-likeness (QED) is 0.539. The molecule has 3 aromatic rings. The van der Waals surface area contributed by atoms with E-state index in [1.54, 1.807) is 24.3 Å². The van der Waals surface area contributed by atoms with Gasteiger partial charge in [0, 0.05) is 24.0 Å². The van der Waals surface area contributed by atoms with E-state index in [9.17, 15) is 18.0 Å². The molecule has 11 heteroatoms. The van der Waals surface area contributed by atoms with Crippen LogP contribution in [0.5, 0.6) is 0 Å². The lowest BCUT2D eigenvalue weighted by atomic mass is 9.99. The van der Waals surface area contributed by atoms with Crippen LogP contribution in [0.15, 0.2) is 58.2 Å². The Morgan fingerprint density at radius 3 is 2.55 bits per heavy atom. The number of hydrogen-bond donors (Lipinski definition) is 2. The Morgan fingerprint density at radius 1 is 1.00 bits per heavy atom. The molecule has 3 aromatic heterocycles. The van der Waals surface area contributed by atoms with Crippen LogP contribution < -0.4 is 10.6 Å². The summed E-state index contributed by atoms with van der Waals surface area (Å²) in [4.78, 5) is 36.8. The predicted octanol–water partition coefficient (Wildman–Crippen LogP) is 3.78. The number of anilines is 2. The van der Waals surface area contributed by atoms with Crippen LogP contribution in [0.3, 0.4) is 0 Å². The molecule has 9 nitrogen and oxygen atoms in total. The van der Waals surface area contributed by atoms with E-state index in [0.717, 1.165) is 37.0 Å². The molecule has 0 bridgehead atoms. The normalized spacial score (nSPS) is 14.3. The lowest BCUT2D eigenvalue weighted by molar-refractivity contribution is 0.0917. The van der Waals surface area contributed by atoms with Crippen LogP contribution in [0.2, 0.25) is 0 Å². The zero-order valence-corrected chi connectivity index (χ0v) is 17.9. The fourth-order valence-corrected chi connectivity index (χ4v) is 5.68. The second-order valence-electron chi connectivity index (χ2n) is 7.01. The third kappa shape index (κ3) is 4.78. The summed E-state index contributed by atoms with van der Waals surface area (Å²) in [6, 6.07) is 7.09. The summed E-state index contributed by atoms with van der Waals surface area (Å²) in [6.45, 7) is 0. The first-order valence-electron chi connectivity index (χ1n) is 9.64. The second-order valence-corrected chi connectivity index (χ2v) is 10.2. The summed E-state index contributed by atoms with van der Waals surface area (Å²) >= 11 is 0.821. The van der Waals surface area contributed by atoms with Gasteiger partial charge in [-0.2, -0.15) is 0 Å². The largest absolute Gasteiger partial charge is 0.325 e. The van der Waals surface area contributed by atoms with Crippen molar-refractivity contribution in [3.8, 4) is 0 Å². The zero-order valence-electron chi connectivity index (χ0n) is 16.3. The Balaban J connectivity index is 1.42. The number of nitrogens with zero attached hydrogens (tertiary/aromatic N) is 3. The Hall–Kier alpha value is -3.18. The molecule has 0 aromatic carbocycles. The molecule has 3 heterocycles. The maximum Gasteiger partial charge on any atom is 0.325 e. The van der Waals surface area contributed by atoms with Gasteiger partial charge in [-0.25, -0.2) is 23.2 Å². The highest BCUT2D eigenvalue weighted by atomic mass is 32.2. The number of aromatic nitrogens is 3. The van der Waals surface area contributed by atoms with Crippen molar-refractivity contribution in [1.82, 2.24) is 15.0 Å². The zero-order chi connectivity index (χ0) is 21.8. The van der Waals surface area contributed by atoms with Crippen molar-refractivity contribution < 1.29 is 18.0 Å². The molecule has 31 heavy (non-hydrogen) atoms. The average Bonchev–Trinajstić information content (AvgIpc) is 3.47. The van der Waals surface area contributed by atoms with Gasteiger partial charge in [0.1, 0.15) is 9.90 Å². The standard InChI is InChI=1S/C20H19N5O4S2/c26-18(13-5-1-2-6-13)15-11-14(8-10-21-15)24-19(27)25-20-23-12-17(30-20)31(28,29)16-7-3-4-9-22-16/h3-4,7-13H,1-2,5-6H2,(H2,21,23,24,25,27). The van der Waals surface area contributed by atoms with Gasteiger partial charge in [-0.15, -0.1) is 0 Å². The third-order valence-electron chi connectivity index (χ3n) is 4.88. The molecule has 0 aliphatic heterocycles. The van der Waals surface area contributed by atoms with Crippen LogP contribution in [-0.4, -0.2) is 35.2 Å². The molecule has 0 spiro atoms. The van der Waals surface area contributed by atoms with Gasteiger partial charge < -0.3 is 5.32 Å². The minimum absolute atomic E-state index is 0.00799. The third-order valence-corrected chi connectivity index (χ3v) is 7.92. The molecule has 1 saturated carbocycles. The smallest absolute Gasteiger partial charge is 0.308 e. The molecule has 4 rings (SSSR count). The van der Waals surface area contributed by atoms with E-state index < -0.39 is 15.9 Å². The molecule has 0 saturated heterocycles. The fraction of sp³-hybridized carbons (Fsp3) is 0.250. The molecule has 1 fully saturated rings. The van der Waals surface area contributed by atoms with Crippen molar-refractivity contribution in [2.75, 3.05) is 10.6 Å². The summed E-state index contributed by atoms with van der Waals surface area (Å²) in [5.41, 5.74) is 0.731. The summed E-state index contributed by atoms with van der Waals surface area (Å²) < 4.78 is 25.1. The maximum atomic E-state index is 12.6. The fourth-order valence-electron chi connectivity index (χ4n) is 3.35. The number of amides is 2. The Kier molecular flexibility index (Phi) is 6.05. The number of nitrogens with one attached hydrogen (secondary N) is 2. The number of urea groups is 1. The van der Waals surface area contributed by atoms with Crippen LogP contribution in [0.1, 0.15) is 36.2 Å². The maximum absolute atomic E-state index is 12.6. The van der Waals surface area contributed by atoms with E-state index in [0.29, 0.717) is 11.4 Å². The predicted molar refractivity (Wildman–Crippen MR) is 115 cm³/mol. The second kappa shape index (κ2) is 8.90. The van der Waals surface area contributed by atoms with E-state index in [1.165, 1.54) is 24.7 Å². The van der Waals surface area contributed by atoms with Gasteiger partial charge in [0.15, 0.2) is 15.9 Å². The van der Waals surface area contributed by atoms with Crippen LogP contribution in [0, 0.1) is 5.92 Å². The lowest BCUT2D eigenvalue weighted by Gasteiger charge is -2.09. The molecule has 1 aliphatic carbocycles.